The highest BCUT2D eigenvalue weighted by molar-refractivity contribution is 7.92. The first kappa shape index (κ1) is 21.2. The van der Waals surface area contributed by atoms with Crippen molar-refractivity contribution in [2.45, 2.75) is 10.4 Å². The number of anilines is 1. The van der Waals surface area contributed by atoms with Crippen LogP contribution in [0.4, 0.5) is 18.9 Å². The molecule has 1 N–H and O–H groups in total. The van der Waals surface area contributed by atoms with Crippen LogP contribution in [0.2, 0.25) is 0 Å². The van der Waals surface area contributed by atoms with Crippen LogP contribution in [0.25, 0.3) is 11.4 Å². The van der Waals surface area contributed by atoms with Gasteiger partial charge >= 0.3 is 5.51 Å². The average Bonchev–Trinajstić information content (AvgIpc) is 2.73. The van der Waals surface area contributed by atoms with E-state index in [4.69, 9.17) is 4.74 Å². The van der Waals surface area contributed by atoms with Crippen LogP contribution >= 0.6 is 0 Å². The van der Waals surface area contributed by atoms with Gasteiger partial charge < -0.3 is 10.1 Å². The number of nitrogens with one attached hydrogen (secondary N) is 1. The standard InChI is InChI=1S/C19H14F3N3O4S/c1-29-16-8-7-14(30(27,28)19(20,21)22)9-15(16)25-18(26)13-10-23-17(24-11-13)12-5-3-2-4-6-12/h2-11H,1H3,(H,25,26). The van der Waals surface area contributed by atoms with Crippen molar-refractivity contribution in [1.29, 1.82) is 0 Å². The predicted octanol–water partition coefficient (Wildman–Crippen LogP) is 3.70. The summed E-state index contributed by atoms with van der Waals surface area (Å²) in [5.74, 6) is -0.399. The highest BCUT2D eigenvalue weighted by Gasteiger charge is 2.47. The van der Waals surface area contributed by atoms with Gasteiger partial charge in [-0.3, -0.25) is 4.79 Å². The maximum atomic E-state index is 12.8. The smallest absolute Gasteiger partial charge is 0.495 e. The summed E-state index contributed by atoms with van der Waals surface area (Å²) in [6, 6.07) is 11.4. The fourth-order valence-electron chi connectivity index (χ4n) is 2.46. The molecular formula is C19H14F3N3O4S. The number of aromatic nitrogens is 2. The van der Waals surface area contributed by atoms with Crippen LogP contribution in [0.5, 0.6) is 5.75 Å². The molecule has 0 fully saturated rings. The van der Waals surface area contributed by atoms with Crippen LogP contribution in [-0.2, 0) is 9.84 Å². The number of carbonyl (C=O) groups excluding carboxylic acids is 1. The number of hydrogen-bond donors (Lipinski definition) is 1. The molecule has 2 aromatic carbocycles. The molecule has 30 heavy (non-hydrogen) atoms. The summed E-state index contributed by atoms with van der Waals surface area (Å²) in [5.41, 5.74) is -4.98. The van der Waals surface area contributed by atoms with Gasteiger partial charge in [0.2, 0.25) is 0 Å². The van der Waals surface area contributed by atoms with E-state index in [1.807, 2.05) is 6.07 Å². The third-order valence-corrected chi connectivity index (χ3v) is 5.46. The summed E-state index contributed by atoms with van der Waals surface area (Å²) in [4.78, 5) is 19.6. The largest absolute Gasteiger partial charge is 0.501 e. The average molecular weight is 437 g/mol. The van der Waals surface area contributed by atoms with E-state index in [9.17, 15) is 26.4 Å². The van der Waals surface area contributed by atoms with Gasteiger partial charge in [-0.2, -0.15) is 13.2 Å². The zero-order valence-electron chi connectivity index (χ0n) is 15.3. The summed E-state index contributed by atoms with van der Waals surface area (Å²) in [7, 11) is -4.37. The first-order valence-corrected chi connectivity index (χ1v) is 9.80. The molecular weight excluding hydrogens is 423 g/mol. The molecule has 0 unspecified atom stereocenters. The van der Waals surface area contributed by atoms with E-state index in [1.54, 1.807) is 24.3 Å². The second kappa shape index (κ2) is 8.11. The number of hydrogen-bond acceptors (Lipinski definition) is 6. The van der Waals surface area contributed by atoms with Gasteiger partial charge in [-0.15, -0.1) is 0 Å². The molecule has 0 atom stereocenters. The van der Waals surface area contributed by atoms with E-state index >= 15 is 0 Å². The summed E-state index contributed by atoms with van der Waals surface area (Å²) >= 11 is 0. The predicted molar refractivity (Wildman–Crippen MR) is 102 cm³/mol. The minimum atomic E-state index is -5.59. The van der Waals surface area contributed by atoms with Gasteiger partial charge in [-0.05, 0) is 18.2 Å². The molecule has 3 rings (SSSR count). The van der Waals surface area contributed by atoms with Crippen LogP contribution in [0.1, 0.15) is 10.4 Å². The Morgan fingerprint density at radius 1 is 1.03 bits per heavy atom. The molecule has 11 heteroatoms. The van der Waals surface area contributed by atoms with Crippen molar-refractivity contribution in [2.75, 3.05) is 12.4 Å². The maximum Gasteiger partial charge on any atom is 0.501 e. The molecule has 0 spiro atoms. The highest BCUT2D eigenvalue weighted by Crippen LogP contribution is 2.34. The van der Waals surface area contributed by atoms with Gasteiger partial charge in [0.05, 0.1) is 23.3 Å². The Balaban J connectivity index is 1.88. The lowest BCUT2D eigenvalue weighted by Gasteiger charge is -2.13. The Labute approximate surface area is 169 Å². The zero-order valence-corrected chi connectivity index (χ0v) is 16.2. The zero-order chi connectivity index (χ0) is 21.9. The lowest BCUT2D eigenvalue weighted by Crippen LogP contribution is -2.23. The number of sulfone groups is 1. The van der Waals surface area contributed by atoms with Crippen LogP contribution < -0.4 is 10.1 Å². The van der Waals surface area contributed by atoms with Gasteiger partial charge in [0.25, 0.3) is 15.7 Å². The molecule has 0 saturated heterocycles. The van der Waals surface area contributed by atoms with Crippen molar-refractivity contribution in [3.8, 4) is 17.1 Å². The number of nitrogens with zero attached hydrogens (tertiary/aromatic N) is 2. The SMILES string of the molecule is COc1ccc(S(=O)(=O)C(F)(F)F)cc1NC(=O)c1cnc(-c2ccccc2)nc1. The Morgan fingerprint density at radius 3 is 2.23 bits per heavy atom. The van der Waals surface area contributed by atoms with E-state index in [2.05, 4.69) is 15.3 Å². The Bertz CT molecular complexity index is 1170. The summed E-state index contributed by atoms with van der Waals surface area (Å²) < 4.78 is 66.7. The quantitative estimate of drug-likeness (QED) is 0.654. The van der Waals surface area contributed by atoms with Crippen molar-refractivity contribution in [1.82, 2.24) is 9.97 Å². The van der Waals surface area contributed by atoms with Crippen LogP contribution in [-0.4, -0.2) is 36.9 Å². The van der Waals surface area contributed by atoms with E-state index in [0.717, 1.165) is 17.7 Å². The second-order valence-corrected chi connectivity index (χ2v) is 7.87. The van der Waals surface area contributed by atoms with Crippen LogP contribution in [0.15, 0.2) is 65.8 Å². The molecule has 7 nitrogen and oxygen atoms in total. The lowest BCUT2D eigenvalue weighted by molar-refractivity contribution is -0.0436. The fraction of sp³-hybridized carbons (Fsp3) is 0.105. The minimum Gasteiger partial charge on any atom is -0.495 e. The molecule has 1 aromatic heterocycles. The third-order valence-electron chi connectivity index (χ3n) is 3.98. The molecule has 0 aliphatic rings. The van der Waals surface area contributed by atoms with Gasteiger partial charge in [0.1, 0.15) is 5.75 Å². The first-order valence-electron chi connectivity index (χ1n) is 8.31. The van der Waals surface area contributed by atoms with Crippen LogP contribution in [0, 0.1) is 0 Å². The number of amides is 1. The van der Waals surface area contributed by atoms with Crippen molar-refractivity contribution in [3.05, 3.63) is 66.5 Å². The van der Waals surface area contributed by atoms with E-state index in [0.29, 0.717) is 11.9 Å². The lowest BCUT2D eigenvalue weighted by atomic mass is 10.2. The van der Waals surface area contributed by atoms with E-state index < -0.39 is 26.1 Å². The number of benzene rings is 2. The maximum absolute atomic E-state index is 12.8. The van der Waals surface area contributed by atoms with Gasteiger partial charge in [0, 0.05) is 18.0 Å². The second-order valence-electron chi connectivity index (χ2n) is 5.93. The summed E-state index contributed by atoms with van der Waals surface area (Å²) in [5, 5.41) is 2.33. The number of alkyl halides is 3. The van der Waals surface area contributed by atoms with Crippen molar-refractivity contribution >= 4 is 21.4 Å². The number of rotatable bonds is 5. The van der Waals surface area contributed by atoms with Crippen molar-refractivity contribution < 1.29 is 31.1 Å². The Hall–Kier alpha value is -3.47. The molecule has 0 bridgehead atoms. The van der Waals surface area contributed by atoms with Crippen molar-refractivity contribution in [3.63, 3.8) is 0 Å². The van der Waals surface area contributed by atoms with Gasteiger partial charge in [-0.1, -0.05) is 30.3 Å². The number of methoxy groups -OCH3 is 1. The van der Waals surface area contributed by atoms with Crippen molar-refractivity contribution in [2.24, 2.45) is 0 Å². The minimum absolute atomic E-state index is 0.0146. The molecule has 0 aliphatic carbocycles. The molecule has 3 aromatic rings. The molecule has 0 aliphatic heterocycles. The number of ether oxygens (including phenoxy) is 1. The van der Waals surface area contributed by atoms with Crippen LogP contribution in [0.3, 0.4) is 0 Å². The number of halogens is 3. The van der Waals surface area contributed by atoms with Gasteiger partial charge in [0.15, 0.2) is 5.82 Å². The van der Waals surface area contributed by atoms with E-state index in [-0.39, 0.29) is 17.0 Å². The number of carbonyl (C=O) groups is 1. The summed E-state index contributed by atoms with van der Waals surface area (Å²) in [6.07, 6.45) is 2.49. The first-order chi connectivity index (χ1) is 14.1. The molecule has 156 valence electrons. The third kappa shape index (κ3) is 4.25. The topological polar surface area (TPSA) is 98.2 Å². The Kier molecular flexibility index (Phi) is 5.74. The van der Waals surface area contributed by atoms with Gasteiger partial charge in [-0.25, -0.2) is 18.4 Å². The highest BCUT2D eigenvalue weighted by atomic mass is 32.2. The monoisotopic (exact) mass is 437 g/mol. The molecule has 0 radical (unpaired) electrons. The molecule has 1 amide bonds. The summed E-state index contributed by atoms with van der Waals surface area (Å²) in [6.45, 7) is 0. The normalized spacial score (nSPS) is 11.7. The fourth-order valence-corrected chi connectivity index (χ4v) is 3.25. The van der Waals surface area contributed by atoms with E-state index in [1.165, 1.54) is 19.5 Å². The molecule has 1 heterocycles. The molecule has 0 saturated carbocycles. The Morgan fingerprint density at radius 2 is 1.67 bits per heavy atom.